The van der Waals surface area contributed by atoms with Crippen LogP contribution in [0.4, 0.5) is 4.39 Å². The van der Waals surface area contributed by atoms with Crippen LogP contribution < -0.4 is 4.74 Å². The minimum atomic E-state index is -0.488. The van der Waals surface area contributed by atoms with E-state index in [0.717, 1.165) is 5.56 Å². The normalized spacial score (nSPS) is 14.8. The number of ether oxygens (including phenoxy) is 1. The molecule has 3 rings (SSSR count). The fourth-order valence-corrected chi connectivity index (χ4v) is 2.96. The first-order valence-corrected chi connectivity index (χ1v) is 8.68. The molecule has 1 saturated heterocycles. The van der Waals surface area contributed by atoms with Crippen LogP contribution in [-0.4, -0.2) is 59.4 Å². The van der Waals surface area contributed by atoms with Crippen LogP contribution in [0.3, 0.4) is 0 Å². The summed E-state index contributed by atoms with van der Waals surface area (Å²) in [6.07, 6.45) is 4.67. The Morgan fingerprint density at radius 1 is 1.04 bits per heavy atom. The number of aromatic nitrogens is 1. The van der Waals surface area contributed by atoms with Gasteiger partial charge in [0, 0.05) is 38.6 Å². The van der Waals surface area contributed by atoms with Gasteiger partial charge in [0.25, 0.3) is 5.91 Å². The fraction of sp³-hybridized carbons (Fsp3) is 0.368. The number of rotatable bonds is 5. The van der Waals surface area contributed by atoms with Gasteiger partial charge in [-0.05, 0) is 30.2 Å². The number of benzene rings is 1. The Bertz CT molecular complexity index is 748. The molecule has 1 aromatic heterocycles. The quantitative estimate of drug-likeness (QED) is 0.886. The second-order valence-electron chi connectivity index (χ2n) is 6.23. The maximum Gasteiger partial charge on any atom is 0.260 e. The zero-order valence-electron chi connectivity index (χ0n) is 14.5. The summed E-state index contributed by atoms with van der Waals surface area (Å²) in [6, 6.07) is 7.89. The monoisotopic (exact) mass is 359 g/mol. The van der Waals surface area contributed by atoms with Crippen LogP contribution in [0.2, 0.25) is 0 Å². The Labute approximate surface area is 151 Å². The van der Waals surface area contributed by atoms with Crippen molar-refractivity contribution in [1.82, 2.24) is 14.8 Å². The minimum absolute atomic E-state index is 0.0569. The number of aromatic amines is 1. The van der Waals surface area contributed by atoms with Crippen molar-refractivity contribution in [3.63, 3.8) is 0 Å². The van der Waals surface area contributed by atoms with Gasteiger partial charge >= 0.3 is 0 Å². The smallest absolute Gasteiger partial charge is 0.260 e. The van der Waals surface area contributed by atoms with E-state index in [1.807, 2.05) is 12.3 Å². The number of amides is 2. The number of para-hydroxylation sites is 1. The van der Waals surface area contributed by atoms with Crippen molar-refractivity contribution in [2.24, 2.45) is 0 Å². The van der Waals surface area contributed by atoms with Gasteiger partial charge in [0.2, 0.25) is 5.91 Å². The molecule has 0 aliphatic carbocycles. The summed E-state index contributed by atoms with van der Waals surface area (Å²) in [5.41, 5.74) is 0.950. The molecule has 138 valence electrons. The maximum atomic E-state index is 13.5. The summed E-state index contributed by atoms with van der Waals surface area (Å²) >= 11 is 0. The lowest BCUT2D eigenvalue weighted by Gasteiger charge is -2.22. The van der Waals surface area contributed by atoms with Crippen LogP contribution in [0, 0.1) is 5.82 Å². The molecule has 0 saturated carbocycles. The highest BCUT2D eigenvalue weighted by molar-refractivity contribution is 5.80. The number of carbonyl (C=O) groups is 2. The number of carbonyl (C=O) groups excluding carboxylic acids is 2. The molecule has 1 N–H and O–H groups in total. The van der Waals surface area contributed by atoms with E-state index in [1.54, 1.807) is 28.1 Å². The van der Waals surface area contributed by atoms with E-state index in [2.05, 4.69) is 4.98 Å². The first kappa shape index (κ1) is 18.0. The molecule has 0 radical (unpaired) electrons. The Hall–Kier alpha value is -2.83. The van der Waals surface area contributed by atoms with Gasteiger partial charge in [0.1, 0.15) is 0 Å². The van der Waals surface area contributed by atoms with Crippen LogP contribution >= 0.6 is 0 Å². The second kappa shape index (κ2) is 8.51. The van der Waals surface area contributed by atoms with Crippen molar-refractivity contribution >= 4 is 11.8 Å². The number of nitrogens with zero attached hydrogens (tertiary/aromatic N) is 2. The minimum Gasteiger partial charge on any atom is -0.481 e. The van der Waals surface area contributed by atoms with E-state index in [1.165, 1.54) is 12.1 Å². The molecule has 2 aromatic rings. The van der Waals surface area contributed by atoms with Crippen molar-refractivity contribution in [2.45, 2.75) is 12.8 Å². The zero-order chi connectivity index (χ0) is 18.4. The molecule has 1 aromatic carbocycles. The van der Waals surface area contributed by atoms with Gasteiger partial charge in [0.05, 0.1) is 6.42 Å². The molecular formula is C19H22FN3O3. The molecule has 0 atom stereocenters. The molecule has 0 bridgehead atoms. The Morgan fingerprint density at radius 3 is 2.46 bits per heavy atom. The third kappa shape index (κ3) is 4.62. The molecule has 2 amide bonds. The molecule has 0 unspecified atom stereocenters. The largest absolute Gasteiger partial charge is 0.481 e. The lowest BCUT2D eigenvalue weighted by Crippen LogP contribution is -2.39. The van der Waals surface area contributed by atoms with Crippen LogP contribution in [0.1, 0.15) is 12.0 Å². The van der Waals surface area contributed by atoms with Crippen molar-refractivity contribution in [1.29, 1.82) is 0 Å². The first-order valence-electron chi connectivity index (χ1n) is 8.68. The number of hydrogen-bond acceptors (Lipinski definition) is 3. The highest BCUT2D eigenvalue weighted by atomic mass is 19.1. The SMILES string of the molecule is O=C(COc1ccccc1F)N1CCCN(C(=O)Cc2cc[nH]c2)CC1. The Balaban J connectivity index is 1.49. The van der Waals surface area contributed by atoms with E-state index in [9.17, 15) is 14.0 Å². The van der Waals surface area contributed by atoms with Crippen LogP contribution in [0.15, 0.2) is 42.7 Å². The summed E-state index contributed by atoms with van der Waals surface area (Å²) in [5.74, 6) is -0.564. The highest BCUT2D eigenvalue weighted by Crippen LogP contribution is 2.15. The summed E-state index contributed by atoms with van der Waals surface area (Å²) in [4.78, 5) is 31.1. The van der Waals surface area contributed by atoms with E-state index in [-0.39, 0.29) is 24.2 Å². The second-order valence-corrected chi connectivity index (χ2v) is 6.23. The van der Waals surface area contributed by atoms with E-state index in [4.69, 9.17) is 4.74 Å². The number of hydrogen-bond donors (Lipinski definition) is 1. The van der Waals surface area contributed by atoms with Crippen LogP contribution in [0.25, 0.3) is 0 Å². The predicted molar refractivity (Wildman–Crippen MR) is 94.2 cm³/mol. The number of H-pyrrole nitrogens is 1. The topological polar surface area (TPSA) is 65.6 Å². The van der Waals surface area contributed by atoms with Gasteiger partial charge in [0.15, 0.2) is 18.2 Å². The Morgan fingerprint density at radius 2 is 1.77 bits per heavy atom. The average Bonchev–Trinajstić information content (AvgIpc) is 3.02. The van der Waals surface area contributed by atoms with Crippen molar-refractivity contribution in [3.8, 4) is 5.75 Å². The lowest BCUT2D eigenvalue weighted by atomic mass is 10.2. The molecule has 1 aliphatic heterocycles. The third-order valence-electron chi connectivity index (χ3n) is 4.41. The third-order valence-corrected chi connectivity index (χ3v) is 4.41. The van der Waals surface area contributed by atoms with E-state index >= 15 is 0 Å². The molecule has 0 spiro atoms. The summed E-state index contributed by atoms with van der Waals surface area (Å²) in [5, 5.41) is 0. The average molecular weight is 359 g/mol. The molecule has 7 heteroatoms. The van der Waals surface area contributed by atoms with E-state index < -0.39 is 5.82 Å². The van der Waals surface area contributed by atoms with Gasteiger partial charge in [-0.2, -0.15) is 0 Å². The predicted octanol–water partition coefficient (Wildman–Crippen LogP) is 1.84. The fourth-order valence-electron chi connectivity index (χ4n) is 2.96. The summed E-state index contributed by atoms with van der Waals surface area (Å²) in [7, 11) is 0. The van der Waals surface area contributed by atoms with Crippen LogP contribution in [-0.2, 0) is 16.0 Å². The Kier molecular flexibility index (Phi) is 5.88. The number of halogens is 1. The molecule has 26 heavy (non-hydrogen) atoms. The summed E-state index contributed by atoms with van der Waals surface area (Å²) < 4.78 is 18.8. The molecule has 1 fully saturated rings. The molecule has 2 heterocycles. The maximum absolute atomic E-state index is 13.5. The highest BCUT2D eigenvalue weighted by Gasteiger charge is 2.22. The summed E-state index contributed by atoms with van der Waals surface area (Å²) in [6.45, 7) is 1.93. The first-order chi connectivity index (χ1) is 12.6. The van der Waals surface area contributed by atoms with Gasteiger partial charge < -0.3 is 19.5 Å². The number of nitrogens with one attached hydrogen (secondary N) is 1. The van der Waals surface area contributed by atoms with Crippen molar-refractivity contribution < 1.29 is 18.7 Å². The van der Waals surface area contributed by atoms with Gasteiger partial charge in [-0.15, -0.1) is 0 Å². The molecule has 1 aliphatic rings. The van der Waals surface area contributed by atoms with Gasteiger partial charge in [-0.3, -0.25) is 9.59 Å². The standard InChI is InChI=1S/C19H22FN3O3/c20-16-4-1-2-5-17(16)26-14-19(25)23-9-3-8-22(10-11-23)18(24)12-15-6-7-21-13-15/h1-2,4-7,13,21H,3,8-12,14H2. The zero-order valence-corrected chi connectivity index (χ0v) is 14.5. The van der Waals surface area contributed by atoms with E-state index in [0.29, 0.717) is 39.0 Å². The van der Waals surface area contributed by atoms with Crippen molar-refractivity contribution in [2.75, 3.05) is 32.8 Å². The van der Waals surface area contributed by atoms with Gasteiger partial charge in [-0.1, -0.05) is 12.1 Å². The molecule has 6 nitrogen and oxygen atoms in total. The van der Waals surface area contributed by atoms with Crippen LogP contribution in [0.5, 0.6) is 5.75 Å². The van der Waals surface area contributed by atoms with Gasteiger partial charge in [-0.25, -0.2) is 4.39 Å². The molecular weight excluding hydrogens is 337 g/mol. The lowest BCUT2D eigenvalue weighted by molar-refractivity contribution is -0.134. The van der Waals surface area contributed by atoms with Crippen molar-refractivity contribution in [3.05, 3.63) is 54.1 Å².